The van der Waals surface area contributed by atoms with Crippen molar-refractivity contribution < 1.29 is 9.72 Å². The lowest BCUT2D eigenvalue weighted by Crippen LogP contribution is -2.44. The van der Waals surface area contributed by atoms with Gasteiger partial charge in [-0.15, -0.1) is 0 Å². The molecule has 2 atom stereocenters. The van der Waals surface area contributed by atoms with Gasteiger partial charge in [0, 0.05) is 16.6 Å². The van der Waals surface area contributed by atoms with Crippen molar-refractivity contribution in [3.63, 3.8) is 0 Å². The van der Waals surface area contributed by atoms with Crippen LogP contribution in [0.2, 0.25) is 0 Å². The summed E-state index contributed by atoms with van der Waals surface area (Å²) >= 11 is 3.18. The van der Waals surface area contributed by atoms with Gasteiger partial charge in [-0.25, -0.2) is 0 Å². The van der Waals surface area contributed by atoms with Gasteiger partial charge in [0.05, 0.1) is 10.3 Å². The quantitative estimate of drug-likeness (QED) is 0.652. The van der Waals surface area contributed by atoms with Crippen LogP contribution in [0.15, 0.2) is 22.7 Å². The summed E-state index contributed by atoms with van der Waals surface area (Å²) in [5.74, 6) is -0.257. The summed E-state index contributed by atoms with van der Waals surface area (Å²) in [7, 11) is 0. The summed E-state index contributed by atoms with van der Waals surface area (Å²) in [6, 6.07) is 4.33. The molecule has 3 N–H and O–H groups in total. The minimum atomic E-state index is -0.666. The number of amides is 1. The monoisotopic (exact) mass is 341 g/mol. The number of rotatable bonds is 3. The molecule has 0 spiro atoms. The molecule has 1 aliphatic rings. The standard InChI is InChI=1S/C13H16BrN3O3/c1-13(6-2-3-11(13)15)12(18)16-9-5-4-8(14)7-10(9)17(19)20/h4-5,7,11H,2-3,6,15H2,1H3,(H,16,18). The van der Waals surface area contributed by atoms with Crippen LogP contribution < -0.4 is 11.1 Å². The van der Waals surface area contributed by atoms with E-state index in [0.29, 0.717) is 10.9 Å². The number of nitrogens with two attached hydrogens (primary N) is 1. The molecule has 0 aromatic heterocycles. The maximum atomic E-state index is 12.4. The van der Waals surface area contributed by atoms with Gasteiger partial charge >= 0.3 is 0 Å². The van der Waals surface area contributed by atoms with Crippen molar-refractivity contribution >= 4 is 33.2 Å². The highest BCUT2D eigenvalue weighted by Crippen LogP contribution is 2.38. The van der Waals surface area contributed by atoms with E-state index in [1.807, 2.05) is 6.92 Å². The first-order valence-electron chi connectivity index (χ1n) is 6.35. The smallest absolute Gasteiger partial charge is 0.293 e. The second kappa shape index (κ2) is 5.49. The average molecular weight is 342 g/mol. The predicted octanol–water partition coefficient (Wildman–Crippen LogP) is 2.81. The summed E-state index contributed by atoms with van der Waals surface area (Å²) in [5.41, 5.74) is 5.38. The Morgan fingerprint density at radius 3 is 2.85 bits per heavy atom. The van der Waals surface area contributed by atoms with Crippen LogP contribution in [-0.4, -0.2) is 16.9 Å². The fourth-order valence-corrected chi connectivity index (χ4v) is 2.85. The summed E-state index contributed by atoms with van der Waals surface area (Å²) in [5, 5.41) is 13.7. The van der Waals surface area contributed by atoms with Gasteiger partial charge in [-0.05, 0) is 31.9 Å². The SMILES string of the molecule is CC1(C(=O)Nc2ccc(Br)cc2[N+](=O)[O-])CCCC1N. The van der Waals surface area contributed by atoms with Crippen LogP contribution in [-0.2, 0) is 4.79 Å². The Labute approximate surface area is 125 Å². The van der Waals surface area contributed by atoms with Crippen LogP contribution in [0.25, 0.3) is 0 Å². The van der Waals surface area contributed by atoms with Gasteiger partial charge in [0.15, 0.2) is 0 Å². The molecule has 1 amide bonds. The van der Waals surface area contributed by atoms with Gasteiger partial charge in [0.1, 0.15) is 5.69 Å². The van der Waals surface area contributed by atoms with Crippen molar-refractivity contribution in [1.29, 1.82) is 0 Å². The van der Waals surface area contributed by atoms with Crippen LogP contribution in [0.4, 0.5) is 11.4 Å². The molecule has 1 aromatic carbocycles. The van der Waals surface area contributed by atoms with Gasteiger partial charge in [0.2, 0.25) is 5.91 Å². The van der Waals surface area contributed by atoms with Gasteiger partial charge in [-0.3, -0.25) is 14.9 Å². The molecule has 1 aliphatic carbocycles. The van der Waals surface area contributed by atoms with Crippen molar-refractivity contribution in [1.82, 2.24) is 0 Å². The number of halogens is 1. The number of nitrogens with zero attached hydrogens (tertiary/aromatic N) is 1. The van der Waals surface area contributed by atoms with Crippen molar-refractivity contribution in [2.45, 2.75) is 32.2 Å². The second-order valence-electron chi connectivity index (χ2n) is 5.29. The van der Waals surface area contributed by atoms with E-state index in [9.17, 15) is 14.9 Å². The molecule has 108 valence electrons. The molecule has 2 rings (SSSR count). The number of benzene rings is 1. The molecule has 6 nitrogen and oxygen atoms in total. The highest BCUT2D eigenvalue weighted by molar-refractivity contribution is 9.10. The maximum absolute atomic E-state index is 12.4. The number of carbonyl (C=O) groups excluding carboxylic acids is 1. The third-order valence-electron chi connectivity index (χ3n) is 3.95. The van der Waals surface area contributed by atoms with E-state index in [0.717, 1.165) is 12.8 Å². The Morgan fingerprint density at radius 1 is 1.60 bits per heavy atom. The molecule has 0 aliphatic heterocycles. The molecule has 1 saturated carbocycles. The van der Waals surface area contributed by atoms with E-state index in [1.165, 1.54) is 12.1 Å². The first kappa shape index (κ1) is 14.9. The molecule has 0 heterocycles. The number of nitro benzene ring substituents is 1. The van der Waals surface area contributed by atoms with Crippen LogP contribution in [0.5, 0.6) is 0 Å². The van der Waals surface area contributed by atoms with Gasteiger partial charge < -0.3 is 11.1 Å². The lowest BCUT2D eigenvalue weighted by atomic mass is 9.84. The lowest BCUT2D eigenvalue weighted by Gasteiger charge is -2.27. The molecular weight excluding hydrogens is 326 g/mol. The summed E-state index contributed by atoms with van der Waals surface area (Å²) in [6.07, 6.45) is 2.39. The molecule has 0 saturated heterocycles. The van der Waals surface area contributed by atoms with E-state index in [4.69, 9.17) is 5.73 Å². The Balaban J connectivity index is 2.26. The van der Waals surface area contributed by atoms with E-state index in [1.54, 1.807) is 6.07 Å². The lowest BCUT2D eigenvalue weighted by molar-refractivity contribution is -0.384. The first-order chi connectivity index (χ1) is 9.34. The van der Waals surface area contributed by atoms with Crippen LogP contribution in [0.1, 0.15) is 26.2 Å². The number of hydrogen-bond donors (Lipinski definition) is 2. The Hall–Kier alpha value is -1.47. The van der Waals surface area contributed by atoms with E-state index >= 15 is 0 Å². The molecule has 1 fully saturated rings. The molecule has 20 heavy (non-hydrogen) atoms. The van der Waals surface area contributed by atoms with Crippen LogP contribution in [0.3, 0.4) is 0 Å². The highest BCUT2D eigenvalue weighted by Gasteiger charge is 2.43. The van der Waals surface area contributed by atoms with Gasteiger partial charge in [-0.2, -0.15) is 0 Å². The predicted molar refractivity (Wildman–Crippen MR) is 79.4 cm³/mol. The molecule has 0 radical (unpaired) electrons. The largest absolute Gasteiger partial charge is 0.327 e. The van der Waals surface area contributed by atoms with Crippen molar-refractivity contribution in [2.24, 2.45) is 11.1 Å². The average Bonchev–Trinajstić information content (AvgIpc) is 2.73. The minimum Gasteiger partial charge on any atom is -0.327 e. The summed E-state index contributed by atoms with van der Waals surface area (Å²) in [6.45, 7) is 1.81. The molecule has 7 heteroatoms. The molecular formula is C13H16BrN3O3. The topological polar surface area (TPSA) is 98.3 Å². The minimum absolute atomic E-state index is 0.136. The van der Waals surface area contributed by atoms with Crippen molar-refractivity contribution in [2.75, 3.05) is 5.32 Å². The Morgan fingerprint density at radius 2 is 2.30 bits per heavy atom. The number of carbonyl (C=O) groups is 1. The summed E-state index contributed by atoms with van der Waals surface area (Å²) < 4.78 is 0.589. The molecule has 0 bridgehead atoms. The van der Waals surface area contributed by atoms with E-state index in [2.05, 4.69) is 21.2 Å². The number of hydrogen-bond acceptors (Lipinski definition) is 4. The van der Waals surface area contributed by atoms with Crippen LogP contribution >= 0.6 is 15.9 Å². The zero-order chi connectivity index (χ0) is 14.9. The van der Waals surface area contributed by atoms with Crippen molar-refractivity contribution in [3.8, 4) is 0 Å². The van der Waals surface area contributed by atoms with Gasteiger partial charge in [0.25, 0.3) is 5.69 Å². The number of nitro groups is 1. The highest BCUT2D eigenvalue weighted by atomic mass is 79.9. The normalized spacial score (nSPS) is 25.4. The van der Waals surface area contributed by atoms with Crippen LogP contribution in [0, 0.1) is 15.5 Å². The maximum Gasteiger partial charge on any atom is 0.293 e. The third kappa shape index (κ3) is 2.69. The van der Waals surface area contributed by atoms with Crippen molar-refractivity contribution in [3.05, 3.63) is 32.8 Å². The Bertz CT molecular complexity index is 564. The molecule has 2 unspecified atom stereocenters. The number of nitrogens with one attached hydrogen (secondary N) is 1. The third-order valence-corrected chi connectivity index (χ3v) is 4.45. The first-order valence-corrected chi connectivity index (χ1v) is 7.15. The number of anilines is 1. The fourth-order valence-electron chi connectivity index (χ4n) is 2.50. The fraction of sp³-hybridized carbons (Fsp3) is 0.462. The Kier molecular flexibility index (Phi) is 4.10. The second-order valence-corrected chi connectivity index (χ2v) is 6.20. The van der Waals surface area contributed by atoms with Gasteiger partial charge in [-0.1, -0.05) is 22.4 Å². The summed E-state index contributed by atoms with van der Waals surface area (Å²) in [4.78, 5) is 22.9. The zero-order valence-electron chi connectivity index (χ0n) is 11.1. The molecule has 1 aromatic rings. The zero-order valence-corrected chi connectivity index (χ0v) is 12.6. The van der Waals surface area contributed by atoms with E-state index in [-0.39, 0.29) is 23.3 Å². The van der Waals surface area contributed by atoms with E-state index < -0.39 is 10.3 Å².